The Bertz CT molecular complexity index is 529. The van der Waals surface area contributed by atoms with Crippen LogP contribution in [0.25, 0.3) is 0 Å². The van der Waals surface area contributed by atoms with E-state index in [9.17, 15) is 9.59 Å². The summed E-state index contributed by atoms with van der Waals surface area (Å²) in [6.07, 6.45) is 4.42. The minimum Gasteiger partial charge on any atom is -0.481 e. The van der Waals surface area contributed by atoms with Crippen molar-refractivity contribution in [1.82, 2.24) is 5.32 Å². The molecule has 0 aliphatic carbocycles. The smallest absolute Gasteiger partial charge is 0.261 e. The Labute approximate surface area is 113 Å². The number of rotatable bonds is 5. The number of carbonyl (C=O) groups is 2. The molecular formula is C15H17NO3. The molecule has 1 unspecified atom stereocenters. The van der Waals surface area contributed by atoms with Crippen LogP contribution < -0.4 is 10.1 Å². The van der Waals surface area contributed by atoms with E-state index in [0.29, 0.717) is 11.3 Å². The van der Waals surface area contributed by atoms with Crippen LogP contribution in [0.3, 0.4) is 0 Å². The highest BCUT2D eigenvalue weighted by molar-refractivity contribution is 5.94. The summed E-state index contributed by atoms with van der Waals surface area (Å²) in [5.74, 6) is 2.63. The summed E-state index contributed by atoms with van der Waals surface area (Å²) >= 11 is 0. The number of carbonyl (C=O) groups excluding carboxylic acids is 2. The molecule has 0 heterocycles. The Kier molecular flexibility index (Phi) is 5.13. The Hall–Kier alpha value is -2.28. The van der Waals surface area contributed by atoms with E-state index in [-0.39, 0.29) is 18.2 Å². The van der Waals surface area contributed by atoms with Gasteiger partial charge in [0.1, 0.15) is 5.75 Å². The Balaban J connectivity index is 2.75. The van der Waals surface area contributed by atoms with Gasteiger partial charge in [0.25, 0.3) is 5.91 Å². The van der Waals surface area contributed by atoms with Crippen molar-refractivity contribution in [2.75, 3.05) is 6.54 Å². The summed E-state index contributed by atoms with van der Waals surface area (Å²) in [5, 5.41) is 2.55. The highest BCUT2D eigenvalue weighted by Crippen LogP contribution is 2.20. The molecule has 0 spiro atoms. The molecule has 100 valence electrons. The first kappa shape index (κ1) is 14.8. The molecule has 0 saturated carbocycles. The average Bonchev–Trinajstić information content (AvgIpc) is 2.37. The molecule has 1 aromatic carbocycles. The van der Waals surface area contributed by atoms with Crippen molar-refractivity contribution in [3.8, 4) is 18.1 Å². The van der Waals surface area contributed by atoms with Gasteiger partial charge in [-0.3, -0.25) is 9.59 Å². The van der Waals surface area contributed by atoms with E-state index in [1.165, 1.54) is 6.92 Å². The molecule has 1 aromatic rings. The lowest BCUT2D eigenvalue weighted by Gasteiger charge is -2.16. The Morgan fingerprint density at radius 3 is 2.68 bits per heavy atom. The van der Waals surface area contributed by atoms with Crippen LogP contribution in [-0.2, 0) is 4.79 Å². The fourth-order valence-electron chi connectivity index (χ4n) is 1.53. The van der Waals surface area contributed by atoms with Crippen LogP contribution in [0, 0.1) is 19.3 Å². The summed E-state index contributed by atoms with van der Waals surface area (Å²) in [5.41, 5.74) is 1.43. The van der Waals surface area contributed by atoms with Gasteiger partial charge in [0, 0.05) is 5.56 Å². The van der Waals surface area contributed by atoms with E-state index in [2.05, 4.69) is 11.2 Å². The molecule has 0 aromatic heterocycles. The molecule has 0 aliphatic heterocycles. The van der Waals surface area contributed by atoms with E-state index in [1.807, 2.05) is 6.92 Å². The van der Waals surface area contributed by atoms with Crippen LogP contribution in [0.2, 0.25) is 0 Å². The third kappa shape index (κ3) is 4.14. The fourth-order valence-corrected chi connectivity index (χ4v) is 1.53. The van der Waals surface area contributed by atoms with E-state index >= 15 is 0 Å². The maximum absolute atomic E-state index is 11.6. The number of hydrogen-bond acceptors (Lipinski definition) is 3. The van der Waals surface area contributed by atoms with E-state index in [4.69, 9.17) is 11.2 Å². The van der Waals surface area contributed by atoms with Crippen molar-refractivity contribution in [3.05, 3.63) is 29.3 Å². The third-order valence-electron chi connectivity index (χ3n) is 2.62. The summed E-state index contributed by atoms with van der Waals surface area (Å²) in [6, 6.07) is 5.11. The molecule has 0 radical (unpaired) electrons. The van der Waals surface area contributed by atoms with Gasteiger partial charge < -0.3 is 10.1 Å². The number of amides is 1. The molecule has 4 heteroatoms. The van der Waals surface area contributed by atoms with Gasteiger partial charge >= 0.3 is 0 Å². The number of ether oxygens (including phenoxy) is 1. The zero-order valence-corrected chi connectivity index (χ0v) is 11.3. The second kappa shape index (κ2) is 6.60. The van der Waals surface area contributed by atoms with Crippen molar-refractivity contribution in [2.45, 2.75) is 26.9 Å². The van der Waals surface area contributed by atoms with Crippen LogP contribution in [0.4, 0.5) is 0 Å². The molecule has 1 N–H and O–H groups in total. The lowest BCUT2D eigenvalue weighted by molar-refractivity contribution is -0.127. The van der Waals surface area contributed by atoms with Crippen molar-refractivity contribution in [1.29, 1.82) is 0 Å². The summed E-state index contributed by atoms with van der Waals surface area (Å²) in [4.78, 5) is 22.8. The van der Waals surface area contributed by atoms with Gasteiger partial charge in [0.2, 0.25) is 0 Å². The predicted octanol–water partition coefficient (Wildman–Crippen LogP) is 1.71. The largest absolute Gasteiger partial charge is 0.481 e. The minimum absolute atomic E-state index is 0.00513. The second-order valence-electron chi connectivity index (χ2n) is 4.22. The van der Waals surface area contributed by atoms with Crippen LogP contribution >= 0.6 is 0 Å². The van der Waals surface area contributed by atoms with E-state index in [1.54, 1.807) is 25.1 Å². The van der Waals surface area contributed by atoms with E-state index in [0.717, 1.165) is 5.56 Å². The van der Waals surface area contributed by atoms with Gasteiger partial charge in [-0.15, -0.1) is 6.42 Å². The van der Waals surface area contributed by atoms with Crippen molar-refractivity contribution < 1.29 is 14.3 Å². The lowest BCUT2D eigenvalue weighted by atomic mass is 10.1. The molecule has 1 atom stereocenters. The number of benzene rings is 1. The molecule has 0 saturated heterocycles. The number of hydrogen-bond donors (Lipinski definition) is 1. The summed E-state index contributed by atoms with van der Waals surface area (Å²) in [6.45, 7) is 5.15. The molecule has 19 heavy (non-hydrogen) atoms. The monoisotopic (exact) mass is 259 g/mol. The SMILES string of the molecule is C#CCNC(=O)C(C)Oc1ccc(C(C)=O)cc1C. The van der Waals surface area contributed by atoms with Crippen LogP contribution in [0.15, 0.2) is 18.2 Å². The maximum Gasteiger partial charge on any atom is 0.261 e. The highest BCUT2D eigenvalue weighted by Gasteiger charge is 2.15. The predicted molar refractivity (Wildman–Crippen MR) is 73.1 cm³/mol. The van der Waals surface area contributed by atoms with Gasteiger partial charge in [-0.05, 0) is 44.5 Å². The highest BCUT2D eigenvalue weighted by atomic mass is 16.5. The zero-order chi connectivity index (χ0) is 14.4. The number of terminal acetylenes is 1. The second-order valence-corrected chi connectivity index (χ2v) is 4.22. The third-order valence-corrected chi connectivity index (χ3v) is 2.62. The van der Waals surface area contributed by atoms with E-state index < -0.39 is 6.10 Å². The van der Waals surface area contributed by atoms with Crippen LogP contribution in [-0.4, -0.2) is 24.3 Å². The quantitative estimate of drug-likeness (QED) is 0.647. The van der Waals surface area contributed by atoms with Gasteiger partial charge in [-0.2, -0.15) is 0 Å². The molecule has 4 nitrogen and oxygen atoms in total. The molecule has 0 bridgehead atoms. The Morgan fingerprint density at radius 2 is 2.16 bits per heavy atom. The summed E-state index contributed by atoms with van der Waals surface area (Å²) in [7, 11) is 0. The van der Waals surface area contributed by atoms with Crippen LogP contribution in [0.5, 0.6) is 5.75 Å². The number of aryl methyl sites for hydroxylation is 1. The first-order chi connectivity index (χ1) is 8.95. The fraction of sp³-hybridized carbons (Fsp3) is 0.333. The summed E-state index contributed by atoms with van der Waals surface area (Å²) < 4.78 is 5.55. The maximum atomic E-state index is 11.6. The molecule has 0 aliphatic rings. The van der Waals surface area contributed by atoms with Gasteiger partial charge in [-0.25, -0.2) is 0 Å². The van der Waals surface area contributed by atoms with Gasteiger partial charge in [-0.1, -0.05) is 5.92 Å². The average molecular weight is 259 g/mol. The van der Waals surface area contributed by atoms with Gasteiger partial charge in [0.15, 0.2) is 11.9 Å². The number of Topliss-reactive ketones (excluding diaryl/α,β-unsaturated/α-hetero) is 1. The standard InChI is InChI=1S/C15H17NO3/c1-5-8-16-15(18)12(4)19-14-7-6-13(11(3)17)9-10(14)2/h1,6-7,9,12H,8H2,2-4H3,(H,16,18). The molecular weight excluding hydrogens is 242 g/mol. The van der Waals surface area contributed by atoms with Gasteiger partial charge in [0.05, 0.1) is 6.54 Å². The minimum atomic E-state index is -0.643. The molecule has 1 amide bonds. The first-order valence-electron chi connectivity index (χ1n) is 5.95. The zero-order valence-electron chi connectivity index (χ0n) is 11.3. The molecule has 0 fully saturated rings. The van der Waals surface area contributed by atoms with Crippen molar-refractivity contribution >= 4 is 11.7 Å². The first-order valence-corrected chi connectivity index (χ1v) is 5.95. The normalized spacial score (nSPS) is 11.3. The number of ketones is 1. The number of nitrogens with one attached hydrogen (secondary N) is 1. The topological polar surface area (TPSA) is 55.4 Å². The van der Waals surface area contributed by atoms with Crippen molar-refractivity contribution in [2.24, 2.45) is 0 Å². The van der Waals surface area contributed by atoms with Crippen LogP contribution in [0.1, 0.15) is 29.8 Å². The lowest BCUT2D eigenvalue weighted by Crippen LogP contribution is -2.36. The molecule has 1 rings (SSSR count). The Morgan fingerprint density at radius 1 is 1.47 bits per heavy atom. The van der Waals surface area contributed by atoms with Crippen molar-refractivity contribution in [3.63, 3.8) is 0 Å².